The van der Waals surface area contributed by atoms with Gasteiger partial charge in [0.25, 0.3) is 23.8 Å². The second-order valence-corrected chi connectivity index (χ2v) is 8.64. The van der Waals surface area contributed by atoms with Crippen LogP contribution in [0.2, 0.25) is 4.34 Å². The summed E-state index contributed by atoms with van der Waals surface area (Å²) in [5, 5.41) is 5.08. The molecule has 11 heteroatoms. The van der Waals surface area contributed by atoms with Gasteiger partial charge in [0.1, 0.15) is 4.34 Å². The molecule has 0 bridgehead atoms. The average Bonchev–Trinajstić information content (AvgIpc) is 3.32. The van der Waals surface area contributed by atoms with E-state index in [2.05, 4.69) is 22.5 Å². The number of carbonyl (C=O) groups is 2. The van der Waals surface area contributed by atoms with Crippen molar-refractivity contribution in [3.05, 3.63) is 84.2 Å². The van der Waals surface area contributed by atoms with Crippen molar-refractivity contribution in [2.45, 2.75) is 19.5 Å². The summed E-state index contributed by atoms with van der Waals surface area (Å²) in [6, 6.07) is 7.42. The zero-order valence-electron chi connectivity index (χ0n) is 16.5. The number of nitrogens with one attached hydrogen (secondary N) is 2. The summed E-state index contributed by atoms with van der Waals surface area (Å²) in [5.41, 5.74) is 1.02. The Bertz CT molecular complexity index is 1410. The predicted octanol–water partition coefficient (Wildman–Crippen LogP) is 3.86. The van der Waals surface area contributed by atoms with E-state index in [0.717, 1.165) is 29.2 Å². The molecule has 0 saturated heterocycles. The van der Waals surface area contributed by atoms with Crippen molar-refractivity contribution in [1.82, 2.24) is 9.88 Å². The Kier molecular flexibility index (Phi) is 6.26. The number of amides is 2. The minimum Gasteiger partial charge on any atom is -0.348 e. The zero-order valence-corrected chi connectivity index (χ0v) is 18.1. The molecule has 1 aliphatic heterocycles. The molecule has 0 spiro atoms. The van der Waals surface area contributed by atoms with Crippen LogP contribution < -0.4 is 16.2 Å². The number of carbonyl (C=O) groups excluding carboxylic acids is 2. The van der Waals surface area contributed by atoms with Gasteiger partial charge < -0.3 is 15.2 Å². The van der Waals surface area contributed by atoms with E-state index in [1.54, 1.807) is 18.2 Å². The Morgan fingerprint density at radius 1 is 1.24 bits per heavy atom. The molecule has 0 saturated carbocycles. The predicted molar refractivity (Wildman–Crippen MR) is 118 cm³/mol. The molecule has 168 valence electrons. The normalized spacial score (nSPS) is 12.2. The van der Waals surface area contributed by atoms with Crippen molar-refractivity contribution in [1.29, 1.82) is 0 Å². The summed E-state index contributed by atoms with van der Waals surface area (Å²) in [6.07, 6.45) is -1.93. The molecule has 33 heavy (non-hydrogen) atoms. The molecule has 0 aliphatic carbocycles. The molecule has 0 radical (unpaired) electrons. The average molecular weight is 492 g/mol. The third kappa shape index (κ3) is 4.94. The molecule has 1 aliphatic rings. The van der Waals surface area contributed by atoms with Gasteiger partial charge in [-0.1, -0.05) is 29.5 Å². The van der Waals surface area contributed by atoms with Gasteiger partial charge in [0.2, 0.25) is 0 Å². The minimum absolute atomic E-state index is 0.143. The Morgan fingerprint density at radius 2 is 2.03 bits per heavy atom. The molecule has 2 amide bonds. The summed E-state index contributed by atoms with van der Waals surface area (Å²) >= 11 is 7.11. The SMILES string of the molecule is O=C(Nc1cc(F)c(=O)n(CC(F)F)c1)c1cc(C#Cc2ccc3c(c2)C(=O)NC3)c(Cl)s1. The van der Waals surface area contributed by atoms with Gasteiger partial charge in [0.05, 0.1) is 22.7 Å². The van der Waals surface area contributed by atoms with E-state index in [9.17, 15) is 27.6 Å². The lowest BCUT2D eigenvalue weighted by molar-refractivity contribution is 0.0964. The van der Waals surface area contributed by atoms with Crippen LogP contribution >= 0.6 is 22.9 Å². The fourth-order valence-electron chi connectivity index (χ4n) is 3.14. The van der Waals surface area contributed by atoms with Crippen molar-refractivity contribution >= 4 is 40.4 Å². The van der Waals surface area contributed by atoms with Gasteiger partial charge in [-0.15, -0.1) is 11.3 Å². The maximum Gasteiger partial charge on any atom is 0.286 e. The van der Waals surface area contributed by atoms with Crippen molar-refractivity contribution in [3.8, 4) is 11.8 Å². The number of halogens is 4. The topological polar surface area (TPSA) is 80.2 Å². The molecule has 0 unspecified atom stereocenters. The van der Waals surface area contributed by atoms with Crippen LogP contribution in [0.5, 0.6) is 0 Å². The Hall–Kier alpha value is -3.55. The van der Waals surface area contributed by atoms with Gasteiger partial charge in [-0.05, 0) is 23.8 Å². The molecule has 2 aromatic heterocycles. The fraction of sp³-hybridized carbons (Fsp3) is 0.136. The highest BCUT2D eigenvalue weighted by atomic mass is 35.5. The van der Waals surface area contributed by atoms with Crippen LogP contribution in [0.25, 0.3) is 0 Å². The highest BCUT2D eigenvalue weighted by Gasteiger charge is 2.19. The molecule has 0 fully saturated rings. The van der Waals surface area contributed by atoms with Gasteiger partial charge in [-0.3, -0.25) is 14.4 Å². The van der Waals surface area contributed by atoms with Gasteiger partial charge in [-0.25, -0.2) is 13.2 Å². The smallest absolute Gasteiger partial charge is 0.286 e. The maximum absolute atomic E-state index is 13.8. The first-order chi connectivity index (χ1) is 15.7. The number of aromatic nitrogens is 1. The van der Waals surface area contributed by atoms with Crippen LogP contribution in [0.4, 0.5) is 18.9 Å². The first-order valence-electron chi connectivity index (χ1n) is 9.43. The summed E-state index contributed by atoms with van der Waals surface area (Å²) in [7, 11) is 0. The van der Waals surface area contributed by atoms with Crippen LogP contribution in [-0.2, 0) is 13.1 Å². The van der Waals surface area contributed by atoms with Gasteiger partial charge >= 0.3 is 0 Å². The van der Waals surface area contributed by atoms with E-state index in [-0.39, 0.29) is 20.8 Å². The number of hydrogen-bond donors (Lipinski definition) is 2. The maximum atomic E-state index is 13.8. The number of benzene rings is 1. The highest BCUT2D eigenvalue weighted by molar-refractivity contribution is 7.18. The second-order valence-electron chi connectivity index (χ2n) is 6.98. The molecule has 6 nitrogen and oxygen atoms in total. The van der Waals surface area contributed by atoms with Crippen molar-refractivity contribution in [3.63, 3.8) is 0 Å². The van der Waals surface area contributed by atoms with Gasteiger partial charge in [-0.2, -0.15) is 0 Å². The zero-order chi connectivity index (χ0) is 23.7. The summed E-state index contributed by atoms with van der Waals surface area (Å²) in [4.78, 5) is 36.1. The molecule has 4 rings (SSSR count). The Balaban J connectivity index is 1.54. The lowest BCUT2D eigenvalue weighted by Crippen LogP contribution is -2.26. The van der Waals surface area contributed by atoms with E-state index in [4.69, 9.17) is 11.6 Å². The molecular weight excluding hydrogens is 479 g/mol. The van der Waals surface area contributed by atoms with Crippen molar-refractivity contribution < 1.29 is 22.8 Å². The molecule has 2 N–H and O–H groups in total. The number of alkyl halides is 2. The number of pyridine rings is 1. The number of nitrogens with zero attached hydrogens (tertiary/aromatic N) is 1. The van der Waals surface area contributed by atoms with Crippen LogP contribution in [0, 0.1) is 17.7 Å². The molecule has 0 atom stereocenters. The van der Waals surface area contributed by atoms with E-state index >= 15 is 0 Å². The molecular formula is C22H13ClF3N3O3S. The van der Waals surface area contributed by atoms with Crippen LogP contribution in [0.15, 0.2) is 41.3 Å². The molecule has 3 aromatic rings. The Morgan fingerprint density at radius 3 is 2.79 bits per heavy atom. The minimum atomic E-state index is -2.87. The second kappa shape index (κ2) is 9.13. The quantitative estimate of drug-likeness (QED) is 0.544. The van der Waals surface area contributed by atoms with Crippen LogP contribution in [0.3, 0.4) is 0 Å². The number of thiophene rings is 1. The third-order valence-electron chi connectivity index (χ3n) is 4.68. The van der Waals surface area contributed by atoms with E-state index in [1.165, 1.54) is 6.07 Å². The first kappa shape index (κ1) is 22.6. The standard InChI is InChI=1S/C22H13ClF3N3O3S/c23-19-12(3-1-11-2-4-13-8-27-20(30)15(13)5-11)6-17(33-19)21(31)28-14-7-16(24)22(32)29(9-14)10-18(25)26/h2,4-7,9,18H,8,10H2,(H,27,30)(H,28,31). The van der Waals surface area contributed by atoms with Crippen molar-refractivity contribution in [2.75, 3.05) is 5.32 Å². The monoisotopic (exact) mass is 491 g/mol. The van der Waals surface area contributed by atoms with Crippen LogP contribution in [-0.4, -0.2) is 22.8 Å². The molecule has 1 aromatic carbocycles. The van der Waals surface area contributed by atoms with E-state index in [1.807, 2.05) is 0 Å². The third-order valence-corrected chi connectivity index (χ3v) is 6.04. The lowest BCUT2D eigenvalue weighted by atomic mass is 10.1. The number of hydrogen-bond acceptors (Lipinski definition) is 4. The van der Waals surface area contributed by atoms with Crippen LogP contribution in [0.1, 0.15) is 36.7 Å². The van der Waals surface area contributed by atoms with Gasteiger partial charge in [0, 0.05) is 29.9 Å². The lowest BCUT2D eigenvalue weighted by Gasteiger charge is -2.09. The number of anilines is 1. The van der Waals surface area contributed by atoms with E-state index in [0.29, 0.717) is 27.8 Å². The Labute approximate surface area is 194 Å². The largest absolute Gasteiger partial charge is 0.348 e. The first-order valence-corrected chi connectivity index (χ1v) is 10.6. The van der Waals surface area contributed by atoms with Gasteiger partial charge in [0.15, 0.2) is 5.82 Å². The summed E-state index contributed by atoms with van der Waals surface area (Å²) in [5.74, 6) is 3.63. The highest BCUT2D eigenvalue weighted by Crippen LogP contribution is 2.28. The summed E-state index contributed by atoms with van der Waals surface area (Å²) in [6.45, 7) is -0.533. The molecule has 3 heterocycles. The number of rotatable bonds is 4. The van der Waals surface area contributed by atoms with E-state index < -0.39 is 30.3 Å². The summed E-state index contributed by atoms with van der Waals surface area (Å²) < 4.78 is 39.7. The van der Waals surface area contributed by atoms with Crippen molar-refractivity contribution in [2.24, 2.45) is 0 Å². The fourth-order valence-corrected chi connectivity index (χ4v) is 4.23. The number of fused-ring (bicyclic) bond motifs is 1.